The molecule has 3 rings (SSSR count). The van der Waals surface area contributed by atoms with Crippen molar-refractivity contribution in [1.82, 2.24) is 4.90 Å². The molecule has 166 valence electrons. The highest BCUT2D eigenvalue weighted by atomic mass is 35.5. The van der Waals surface area contributed by atoms with Gasteiger partial charge in [0.15, 0.2) is 11.5 Å². The predicted molar refractivity (Wildman–Crippen MR) is 116 cm³/mol. The lowest BCUT2D eigenvalue weighted by Gasteiger charge is -2.37. The molecular weight excluding hydrogens is 422 g/mol. The van der Waals surface area contributed by atoms with Crippen LogP contribution in [-0.4, -0.2) is 57.1 Å². The topological polar surface area (TPSA) is 74.3 Å². The minimum atomic E-state index is -0.411. The average Bonchev–Trinajstić information content (AvgIpc) is 2.81. The smallest absolute Gasteiger partial charge is 0.337 e. The molecule has 2 aromatic carbocycles. The highest BCUT2D eigenvalue weighted by molar-refractivity contribution is 6.18. The third kappa shape index (κ3) is 5.05. The van der Waals surface area contributed by atoms with Gasteiger partial charge in [0.1, 0.15) is 12.4 Å². The molecule has 0 saturated heterocycles. The lowest BCUT2D eigenvalue weighted by Crippen LogP contribution is -2.42. The molecule has 0 aromatic heterocycles. The molecule has 2 aromatic rings. The Bertz CT molecular complexity index is 930. The molecule has 0 saturated carbocycles. The lowest BCUT2D eigenvalue weighted by atomic mass is 9.92. The van der Waals surface area contributed by atoms with Crippen LogP contribution in [-0.2, 0) is 16.0 Å². The SMILES string of the molecule is COC(=O)c1ccc(OCC2c3cc(OC)c(OC)cc3CCN2C(=O)CCCl)cc1. The zero-order valence-corrected chi connectivity index (χ0v) is 18.6. The van der Waals surface area contributed by atoms with Crippen LogP contribution in [0.1, 0.15) is 33.9 Å². The summed E-state index contributed by atoms with van der Waals surface area (Å²) in [7, 11) is 4.52. The molecule has 0 aliphatic carbocycles. The number of amides is 1. The number of rotatable bonds is 8. The number of benzene rings is 2. The van der Waals surface area contributed by atoms with Gasteiger partial charge < -0.3 is 23.8 Å². The van der Waals surface area contributed by atoms with Gasteiger partial charge in [-0.2, -0.15) is 0 Å². The number of ether oxygens (including phenoxy) is 4. The Balaban J connectivity index is 1.88. The van der Waals surface area contributed by atoms with Crippen LogP contribution in [0.2, 0.25) is 0 Å². The normalized spacial score (nSPS) is 15.1. The maximum atomic E-state index is 12.7. The van der Waals surface area contributed by atoms with E-state index < -0.39 is 5.97 Å². The molecule has 1 aliphatic heterocycles. The van der Waals surface area contributed by atoms with Crippen molar-refractivity contribution >= 4 is 23.5 Å². The number of hydrogen-bond acceptors (Lipinski definition) is 6. The summed E-state index contributed by atoms with van der Waals surface area (Å²) in [4.78, 5) is 26.2. The van der Waals surface area contributed by atoms with E-state index in [9.17, 15) is 9.59 Å². The van der Waals surface area contributed by atoms with E-state index in [1.54, 1.807) is 43.4 Å². The Hall–Kier alpha value is -2.93. The standard InChI is InChI=1S/C23H26ClNO6/c1-28-20-12-16-9-11-25(22(26)8-10-24)19(18(16)13-21(20)29-2)14-31-17-6-4-15(5-7-17)23(27)30-3/h4-7,12-13,19H,8-11,14H2,1-3H3. The van der Waals surface area contributed by atoms with Gasteiger partial charge in [-0.1, -0.05) is 0 Å². The van der Waals surface area contributed by atoms with Gasteiger partial charge in [0, 0.05) is 18.8 Å². The van der Waals surface area contributed by atoms with E-state index in [4.69, 9.17) is 30.5 Å². The Labute approximate surface area is 186 Å². The molecule has 1 amide bonds. The third-order valence-electron chi connectivity index (χ3n) is 5.31. The van der Waals surface area contributed by atoms with E-state index in [1.807, 2.05) is 12.1 Å². The number of carbonyl (C=O) groups excluding carboxylic acids is 2. The molecule has 1 aliphatic rings. The quantitative estimate of drug-likeness (QED) is 0.454. The summed E-state index contributed by atoms with van der Waals surface area (Å²) in [6, 6.07) is 10.2. The van der Waals surface area contributed by atoms with Crippen LogP contribution in [0.4, 0.5) is 0 Å². The van der Waals surface area contributed by atoms with Crippen LogP contribution in [0.15, 0.2) is 36.4 Å². The third-order valence-corrected chi connectivity index (χ3v) is 5.50. The van der Waals surface area contributed by atoms with Gasteiger partial charge >= 0.3 is 5.97 Å². The molecule has 1 heterocycles. The molecule has 31 heavy (non-hydrogen) atoms. The van der Waals surface area contributed by atoms with E-state index in [1.165, 1.54) is 7.11 Å². The summed E-state index contributed by atoms with van der Waals surface area (Å²) in [6.07, 6.45) is 0.961. The molecule has 0 fully saturated rings. The second kappa shape index (κ2) is 10.4. The molecule has 1 atom stereocenters. The van der Waals surface area contributed by atoms with Crippen molar-refractivity contribution in [2.24, 2.45) is 0 Å². The number of halogens is 1. The Morgan fingerprint density at radius 3 is 2.35 bits per heavy atom. The number of methoxy groups -OCH3 is 3. The molecule has 0 N–H and O–H groups in total. The Kier molecular flexibility index (Phi) is 7.63. The molecule has 0 radical (unpaired) electrons. The monoisotopic (exact) mass is 447 g/mol. The van der Waals surface area contributed by atoms with Gasteiger partial charge in [-0.05, 0) is 53.9 Å². The summed E-state index contributed by atoms with van der Waals surface area (Å²) in [6.45, 7) is 0.807. The maximum Gasteiger partial charge on any atom is 0.337 e. The van der Waals surface area contributed by atoms with Crippen LogP contribution in [0.3, 0.4) is 0 Å². The number of nitrogens with zero attached hydrogens (tertiary/aromatic N) is 1. The first-order valence-corrected chi connectivity index (χ1v) is 10.5. The largest absolute Gasteiger partial charge is 0.493 e. The van der Waals surface area contributed by atoms with Crippen molar-refractivity contribution < 1.29 is 28.5 Å². The number of alkyl halides is 1. The van der Waals surface area contributed by atoms with Crippen LogP contribution in [0, 0.1) is 0 Å². The van der Waals surface area contributed by atoms with Gasteiger partial charge in [-0.15, -0.1) is 11.6 Å². The van der Waals surface area contributed by atoms with E-state index in [0.717, 1.165) is 11.1 Å². The summed E-state index contributed by atoms with van der Waals surface area (Å²) in [5.74, 6) is 1.67. The van der Waals surface area contributed by atoms with Crippen LogP contribution < -0.4 is 14.2 Å². The molecule has 1 unspecified atom stereocenters. The minimum Gasteiger partial charge on any atom is -0.493 e. The van der Waals surface area contributed by atoms with Gasteiger partial charge in [0.2, 0.25) is 5.91 Å². The van der Waals surface area contributed by atoms with Gasteiger partial charge in [0.25, 0.3) is 0 Å². The fourth-order valence-electron chi connectivity index (χ4n) is 3.71. The fraction of sp³-hybridized carbons (Fsp3) is 0.391. The number of carbonyl (C=O) groups is 2. The zero-order chi connectivity index (χ0) is 22.4. The van der Waals surface area contributed by atoms with Crippen molar-refractivity contribution in [1.29, 1.82) is 0 Å². The minimum absolute atomic E-state index is 0.0231. The van der Waals surface area contributed by atoms with Crippen molar-refractivity contribution in [2.75, 3.05) is 40.4 Å². The molecule has 8 heteroatoms. The van der Waals surface area contributed by atoms with Crippen molar-refractivity contribution in [2.45, 2.75) is 18.9 Å². The number of fused-ring (bicyclic) bond motifs is 1. The highest BCUT2D eigenvalue weighted by Crippen LogP contribution is 2.38. The first-order chi connectivity index (χ1) is 15.0. The van der Waals surface area contributed by atoms with Crippen molar-refractivity contribution in [3.8, 4) is 17.2 Å². The van der Waals surface area contributed by atoms with Crippen molar-refractivity contribution in [3.63, 3.8) is 0 Å². The average molecular weight is 448 g/mol. The molecule has 7 nitrogen and oxygen atoms in total. The van der Waals surface area contributed by atoms with E-state index >= 15 is 0 Å². The van der Waals surface area contributed by atoms with Crippen LogP contribution in [0.25, 0.3) is 0 Å². The maximum absolute atomic E-state index is 12.7. The molecule has 0 bridgehead atoms. The highest BCUT2D eigenvalue weighted by Gasteiger charge is 2.32. The second-order valence-corrected chi connectivity index (χ2v) is 7.40. The van der Waals surface area contributed by atoms with Crippen LogP contribution in [0.5, 0.6) is 17.2 Å². The second-order valence-electron chi connectivity index (χ2n) is 7.02. The van der Waals surface area contributed by atoms with Gasteiger partial charge in [-0.25, -0.2) is 4.79 Å². The first kappa shape index (κ1) is 22.7. The molecular formula is C23H26ClNO6. The Morgan fingerprint density at radius 2 is 1.74 bits per heavy atom. The van der Waals surface area contributed by atoms with Crippen LogP contribution >= 0.6 is 11.6 Å². The molecule has 0 spiro atoms. The summed E-state index contributed by atoms with van der Waals surface area (Å²) < 4.78 is 21.6. The lowest BCUT2D eigenvalue weighted by molar-refractivity contribution is -0.134. The van der Waals surface area contributed by atoms with E-state index in [2.05, 4.69) is 0 Å². The predicted octanol–water partition coefficient (Wildman–Crippen LogP) is 3.62. The zero-order valence-electron chi connectivity index (χ0n) is 17.9. The summed E-state index contributed by atoms with van der Waals surface area (Å²) in [5, 5.41) is 0. The Morgan fingerprint density at radius 1 is 1.06 bits per heavy atom. The first-order valence-electron chi connectivity index (χ1n) is 9.93. The van der Waals surface area contributed by atoms with E-state index in [0.29, 0.717) is 35.8 Å². The number of esters is 1. The van der Waals surface area contributed by atoms with Gasteiger partial charge in [-0.3, -0.25) is 4.79 Å². The fourth-order valence-corrected chi connectivity index (χ4v) is 3.87. The number of hydrogen-bond donors (Lipinski definition) is 0. The van der Waals surface area contributed by atoms with Gasteiger partial charge in [0.05, 0.1) is 32.9 Å². The van der Waals surface area contributed by atoms with Crippen molar-refractivity contribution in [3.05, 3.63) is 53.1 Å². The summed E-state index contributed by atoms with van der Waals surface area (Å²) >= 11 is 5.82. The summed E-state index contributed by atoms with van der Waals surface area (Å²) in [5.41, 5.74) is 2.48. The van der Waals surface area contributed by atoms with E-state index in [-0.39, 0.29) is 30.9 Å².